The van der Waals surface area contributed by atoms with Crippen molar-refractivity contribution in [3.8, 4) is 22.9 Å². The van der Waals surface area contributed by atoms with E-state index >= 15 is 0 Å². The van der Waals surface area contributed by atoms with Gasteiger partial charge in [0, 0.05) is 24.6 Å². The van der Waals surface area contributed by atoms with Gasteiger partial charge in [-0.3, -0.25) is 9.78 Å². The molecule has 1 aliphatic carbocycles. The molecule has 13 heteroatoms. The second-order valence-electron chi connectivity index (χ2n) is 9.66. The molecule has 0 saturated carbocycles. The Labute approximate surface area is 238 Å². The smallest absolute Gasteiger partial charge is 0.349 e. The number of fused-ring (bicyclic) bond motifs is 3. The first-order valence-electron chi connectivity index (χ1n) is 12.4. The number of hydrogen-bond acceptors (Lipinski definition) is 7. The Morgan fingerprint density at radius 2 is 1.80 bits per heavy atom. The summed E-state index contributed by atoms with van der Waals surface area (Å²) in [4.78, 5) is 25.2. The van der Waals surface area contributed by atoms with Crippen molar-refractivity contribution in [1.82, 2.24) is 19.1 Å². The van der Waals surface area contributed by atoms with Crippen molar-refractivity contribution in [1.29, 1.82) is 0 Å². The maximum absolute atomic E-state index is 13.9. The number of hydrogen-bond donors (Lipinski definition) is 2. The number of H-pyrrole nitrogens is 1. The van der Waals surface area contributed by atoms with Crippen molar-refractivity contribution in [3.05, 3.63) is 103 Å². The third-order valence-corrected chi connectivity index (χ3v) is 9.81. The van der Waals surface area contributed by atoms with E-state index in [1.807, 2.05) is 18.2 Å². The molecule has 40 heavy (non-hydrogen) atoms. The quantitative estimate of drug-likeness (QED) is 0.350. The average molecular weight is 601 g/mol. The zero-order valence-electron chi connectivity index (χ0n) is 20.8. The molecule has 1 fully saturated rings. The number of phenols is 1. The van der Waals surface area contributed by atoms with Gasteiger partial charge in [0.15, 0.2) is 5.75 Å². The number of aromatic nitrogens is 3. The van der Waals surface area contributed by atoms with Crippen LogP contribution in [0.1, 0.15) is 29.9 Å². The van der Waals surface area contributed by atoms with Crippen LogP contribution in [0.5, 0.6) is 17.2 Å². The van der Waals surface area contributed by atoms with Crippen molar-refractivity contribution < 1.29 is 18.3 Å². The van der Waals surface area contributed by atoms with Crippen LogP contribution in [0.3, 0.4) is 0 Å². The molecule has 0 radical (unpaired) electrons. The van der Waals surface area contributed by atoms with Crippen molar-refractivity contribution in [2.45, 2.75) is 36.1 Å². The zero-order valence-corrected chi connectivity index (χ0v) is 23.1. The minimum absolute atomic E-state index is 0.00229. The van der Waals surface area contributed by atoms with Crippen molar-refractivity contribution in [2.75, 3.05) is 6.54 Å². The van der Waals surface area contributed by atoms with Gasteiger partial charge >= 0.3 is 5.69 Å². The number of nitrogens with one attached hydrogen (secondary N) is 1. The minimum atomic E-state index is -4.09. The normalized spacial score (nSPS) is 18.8. The summed E-state index contributed by atoms with van der Waals surface area (Å²) in [7, 11) is -4.09. The number of aromatic amines is 1. The van der Waals surface area contributed by atoms with Crippen LogP contribution < -0.4 is 16.0 Å². The van der Waals surface area contributed by atoms with Gasteiger partial charge in [-0.15, -0.1) is 0 Å². The number of nitrogens with zero attached hydrogens (tertiary/aromatic N) is 3. The van der Waals surface area contributed by atoms with Crippen LogP contribution in [0, 0.1) is 0 Å². The number of piperidine rings is 1. The molecule has 0 spiro atoms. The lowest BCUT2D eigenvalue weighted by Crippen LogP contribution is -2.46. The first-order chi connectivity index (χ1) is 19.1. The third-order valence-electron chi connectivity index (χ3n) is 7.29. The number of benzene rings is 3. The fraction of sp³-hybridized carbons (Fsp3) is 0.222. The Hall–Kier alpha value is -3.64. The first-order valence-corrected chi connectivity index (χ1v) is 14.6. The molecule has 1 saturated heterocycles. The Balaban J connectivity index is 1.31. The van der Waals surface area contributed by atoms with E-state index in [0.717, 1.165) is 22.9 Å². The highest BCUT2D eigenvalue weighted by molar-refractivity contribution is 7.89. The summed E-state index contributed by atoms with van der Waals surface area (Å²) >= 11 is 12.8. The number of halogens is 2. The number of rotatable bonds is 5. The maximum atomic E-state index is 13.9. The SMILES string of the molecule is O=c1cnn(-c2cc(Cl)c(Oc3ccc(O)c(S(=O)(=O)N4CCCC5c6ccccc6CC54)c3)c(Cl)c2)c(=O)[nH]1. The van der Waals surface area contributed by atoms with E-state index in [1.165, 1.54) is 40.2 Å². The van der Waals surface area contributed by atoms with Gasteiger partial charge in [-0.25, -0.2) is 13.2 Å². The number of phenolic OH excluding ortho intramolecular Hbond substituents is 1. The van der Waals surface area contributed by atoms with Gasteiger partial charge in [-0.1, -0.05) is 47.5 Å². The molecule has 10 nitrogen and oxygen atoms in total. The van der Waals surface area contributed by atoms with Crippen LogP contribution in [0.15, 0.2) is 75.3 Å². The second-order valence-corrected chi connectivity index (χ2v) is 12.3. The van der Waals surface area contributed by atoms with E-state index in [-0.39, 0.29) is 44.1 Å². The molecule has 2 N–H and O–H groups in total. The van der Waals surface area contributed by atoms with Gasteiger partial charge < -0.3 is 9.84 Å². The largest absolute Gasteiger partial charge is 0.507 e. The molecule has 0 amide bonds. The lowest BCUT2D eigenvalue weighted by Gasteiger charge is -2.37. The molecule has 6 rings (SSSR count). The summed E-state index contributed by atoms with van der Waals surface area (Å²) < 4.78 is 36.0. The van der Waals surface area contributed by atoms with Gasteiger partial charge in [-0.05, 0) is 54.7 Å². The minimum Gasteiger partial charge on any atom is -0.507 e. The van der Waals surface area contributed by atoms with Gasteiger partial charge in [0.2, 0.25) is 10.0 Å². The lowest BCUT2D eigenvalue weighted by atomic mass is 9.90. The summed E-state index contributed by atoms with van der Waals surface area (Å²) in [6.45, 7) is 0.347. The van der Waals surface area contributed by atoms with Crippen LogP contribution in [-0.2, 0) is 16.4 Å². The molecule has 2 aliphatic rings. The van der Waals surface area contributed by atoms with Gasteiger partial charge in [0.1, 0.15) is 22.6 Å². The fourth-order valence-corrected chi connectivity index (χ4v) is 7.90. The monoisotopic (exact) mass is 600 g/mol. The highest BCUT2D eigenvalue weighted by Crippen LogP contribution is 2.45. The third kappa shape index (κ3) is 4.58. The maximum Gasteiger partial charge on any atom is 0.349 e. The van der Waals surface area contributed by atoms with Crippen molar-refractivity contribution in [2.24, 2.45) is 0 Å². The van der Waals surface area contributed by atoms with Gasteiger partial charge in [0.05, 0.1) is 15.7 Å². The molecular formula is C27H22Cl2N4O6S. The number of ether oxygens (including phenoxy) is 1. The Bertz CT molecular complexity index is 1850. The molecule has 1 aromatic heterocycles. The van der Waals surface area contributed by atoms with Gasteiger partial charge in [0.25, 0.3) is 5.56 Å². The highest BCUT2D eigenvalue weighted by atomic mass is 35.5. The topological polar surface area (TPSA) is 135 Å². The highest BCUT2D eigenvalue weighted by Gasteiger charge is 2.44. The van der Waals surface area contributed by atoms with E-state index in [1.54, 1.807) is 0 Å². The average Bonchev–Trinajstić information content (AvgIpc) is 3.30. The fourth-order valence-electron chi connectivity index (χ4n) is 5.55. The van der Waals surface area contributed by atoms with Crippen LogP contribution >= 0.6 is 23.2 Å². The molecule has 4 aromatic rings. The molecule has 2 atom stereocenters. The van der Waals surface area contributed by atoms with E-state index in [4.69, 9.17) is 27.9 Å². The molecule has 0 bridgehead atoms. The second kappa shape index (κ2) is 10.1. The molecule has 206 valence electrons. The molecule has 2 heterocycles. The predicted molar refractivity (Wildman–Crippen MR) is 148 cm³/mol. The van der Waals surface area contributed by atoms with E-state index in [0.29, 0.717) is 19.4 Å². The first kappa shape index (κ1) is 26.6. The van der Waals surface area contributed by atoms with Crippen LogP contribution in [-0.4, -0.2) is 45.2 Å². The van der Waals surface area contributed by atoms with Crippen molar-refractivity contribution >= 4 is 33.2 Å². The van der Waals surface area contributed by atoms with Crippen LogP contribution in [0.4, 0.5) is 0 Å². The van der Waals surface area contributed by atoms with E-state index in [9.17, 15) is 23.1 Å². The number of aromatic hydroxyl groups is 1. The Kier molecular flexibility index (Phi) is 6.70. The van der Waals surface area contributed by atoms with E-state index in [2.05, 4.69) is 16.1 Å². The van der Waals surface area contributed by atoms with Crippen molar-refractivity contribution in [3.63, 3.8) is 0 Å². The molecule has 1 aliphatic heterocycles. The van der Waals surface area contributed by atoms with Crippen LogP contribution in [0.2, 0.25) is 10.0 Å². The summed E-state index contributed by atoms with van der Waals surface area (Å²) in [5.41, 5.74) is 1.06. The molecule has 3 aromatic carbocycles. The standard InChI is InChI=1S/C27H22Cl2N4O6S/c28-20-11-16(33-27(36)31-25(35)14-30-33)12-21(29)26(20)39-17-7-8-23(34)24(13-17)40(37,38)32-9-3-6-19-18-5-2-1-4-15(18)10-22(19)32/h1-2,4-5,7-8,11-14,19,22,34H,3,6,9-10H2,(H,31,35,36). The predicted octanol–water partition coefficient (Wildman–Crippen LogP) is 4.22. The van der Waals surface area contributed by atoms with Crippen LogP contribution in [0.25, 0.3) is 5.69 Å². The zero-order chi connectivity index (χ0) is 28.2. The summed E-state index contributed by atoms with van der Waals surface area (Å²) in [5, 5.41) is 14.4. The van der Waals surface area contributed by atoms with E-state index < -0.39 is 27.0 Å². The Morgan fingerprint density at radius 3 is 2.55 bits per heavy atom. The summed E-state index contributed by atoms with van der Waals surface area (Å²) in [6, 6.07) is 14.4. The molecular weight excluding hydrogens is 579 g/mol. The molecule has 2 unspecified atom stereocenters. The lowest BCUT2D eigenvalue weighted by molar-refractivity contribution is 0.234. The summed E-state index contributed by atoms with van der Waals surface area (Å²) in [6.07, 6.45) is 3.15. The Morgan fingerprint density at radius 1 is 1.05 bits per heavy atom. The summed E-state index contributed by atoms with van der Waals surface area (Å²) in [5.74, 6) is -0.221. The number of sulfonamides is 1. The van der Waals surface area contributed by atoms with Gasteiger partial charge in [-0.2, -0.15) is 14.1 Å².